The molecule has 7 nitrogen and oxygen atoms in total. The van der Waals surface area contributed by atoms with Crippen LogP contribution in [0.4, 0.5) is 10.6 Å². The molecule has 0 bridgehead atoms. The Labute approximate surface area is 125 Å². The number of carbonyl (C=O) groups is 1. The zero-order chi connectivity index (χ0) is 15.2. The van der Waals surface area contributed by atoms with Crippen molar-refractivity contribution in [2.75, 3.05) is 38.1 Å². The number of aryl methyl sites for hydroxylation is 2. The molecular weight excluding hydrogens is 270 g/mol. The summed E-state index contributed by atoms with van der Waals surface area (Å²) in [6.45, 7) is 9.74. The van der Waals surface area contributed by atoms with Gasteiger partial charge in [-0.05, 0) is 20.8 Å². The molecule has 1 aliphatic heterocycles. The number of hydrogen-bond acceptors (Lipinski definition) is 5. The van der Waals surface area contributed by atoms with E-state index in [9.17, 15) is 4.79 Å². The quantitative estimate of drug-likeness (QED) is 0.863. The number of amides is 2. The zero-order valence-electron chi connectivity index (χ0n) is 12.8. The summed E-state index contributed by atoms with van der Waals surface area (Å²) in [5.41, 5.74) is 0.833. The van der Waals surface area contributed by atoms with Crippen molar-refractivity contribution in [1.82, 2.24) is 20.2 Å². The zero-order valence-corrected chi connectivity index (χ0v) is 12.8. The van der Waals surface area contributed by atoms with Crippen molar-refractivity contribution in [3.05, 3.63) is 17.6 Å². The number of hydrogen-bond donors (Lipinski definition) is 2. The fourth-order valence-corrected chi connectivity index (χ4v) is 2.36. The van der Waals surface area contributed by atoms with Crippen molar-refractivity contribution in [3.63, 3.8) is 0 Å². The van der Waals surface area contributed by atoms with Gasteiger partial charge < -0.3 is 10.1 Å². The lowest BCUT2D eigenvalue weighted by Gasteiger charge is -2.30. The smallest absolute Gasteiger partial charge is 0.320 e. The van der Waals surface area contributed by atoms with Gasteiger partial charge in [0, 0.05) is 37.9 Å². The van der Waals surface area contributed by atoms with Crippen molar-refractivity contribution >= 4 is 11.8 Å². The van der Waals surface area contributed by atoms with Gasteiger partial charge in [0.05, 0.1) is 12.7 Å². The molecule has 0 radical (unpaired) electrons. The summed E-state index contributed by atoms with van der Waals surface area (Å²) in [4.78, 5) is 22.4. The molecule has 2 N–H and O–H groups in total. The van der Waals surface area contributed by atoms with E-state index < -0.39 is 0 Å². The van der Waals surface area contributed by atoms with E-state index in [2.05, 4.69) is 32.4 Å². The molecule has 1 aliphatic rings. The maximum Gasteiger partial charge on any atom is 0.320 e. The van der Waals surface area contributed by atoms with E-state index in [1.165, 1.54) is 0 Å². The Bertz CT molecular complexity index is 474. The lowest BCUT2D eigenvalue weighted by molar-refractivity contribution is -0.0174. The highest BCUT2D eigenvalue weighted by molar-refractivity contribution is 5.88. The summed E-state index contributed by atoms with van der Waals surface area (Å²) in [5, 5.41) is 5.56. The molecule has 1 atom stereocenters. The molecule has 21 heavy (non-hydrogen) atoms. The second kappa shape index (κ2) is 7.33. The van der Waals surface area contributed by atoms with Crippen LogP contribution in [0.5, 0.6) is 0 Å². The number of nitrogens with one attached hydrogen (secondary N) is 2. The maximum absolute atomic E-state index is 11.8. The van der Waals surface area contributed by atoms with Gasteiger partial charge in [0.25, 0.3) is 0 Å². The predicted octanol–water partition coefficient (Wildman–Crippen LogP) is 0.936. The molecule has 0 aromatic carbocycles. The Hall–Kier alpha value is -1.73. The third-order valence-electron chi connectivity index (χ3n) is 3.25. The van der Waals surface area contributed by atoms with Crippen molar-refractivity contribution in [1.29, 1.82) is 0 Å². The number of rotatable bonds is 4. The molecule has 0 aliphatic carbocycles. The Morgan fingerprint density at radius 1 is 1.48 bits per heavy atom. The van der Waals surface area contributed by atoms with E-state index >= 15 is 0 Å². The number of aromatic nitrogens is 2. The average molecular weight is 293 g/mol. The van der Waals surface area contributed by atoms with Crippen LogP contribution in [-0.4, -0.2) is 59.8 Å². The van der Waals surface area contributed by atoms with E-state index in [-0.39, 0.29) is 12.1 Å². The molecule has 0 saturated carbocycles. The molecule has 1 aromatic heterocycles. The third-order valence-corrected chi connectivity index (χ3v) is 3.25. The molecule has 2 rings (SSSR count). The summed E-state index contributed by atoms with van der Waals surface area (Å²) < 4.78 is 5.48. The number of carbonyl (C=O) groups excluding carboxylic acids is 1. The Morgan fingerprint density at radius 2 is 2.29 bits per heavy atom. The van der Waals surface area contributed by atoms with Gasteiger partial charge in [0.2, 0.25) is 0 Å². The molecule has 7 heteroatoms. The lowest BCUT2D eigenvalue weighted by atomic mass is 10.3. The van der Waals surface area contributed by atoms with Gasteiger partial charge in [-0.25, -0.2) is 14.8 Å². The molecule has 2 heterocycles. The second-order valence-corrected chi connectivity index (χ2v) is 5.30. The standard InChI is InChI=1S/C14H23N5O2/c1-10-8-13(17-12(3)16-10)18-14(20)15-4-5-19-6-7-21-11(2)9-19/h8,11H,4-7,9H2,1-3H3,(H2,15,16,17,18,20). The molecule has 2 amide bonds. The van der Waals surface area contributed by atoms with Crippen molar-refractivity contribution in [2.24, 2.45) is 0 Å². The van der Waals surface area contributed by atoms with Crippen LogP contribution in [0.25, 0.3) is 0 Å². The normalized spacial score (nSPS) is 19.3. The molecule has 1 aromatic rings. The summed E-state index contributed by atoms with van der Waals surface area (Å²) in [7, 11) is 0. The highest BCUT2D eigenvalue weighted by Crippen LogP contribution is 2.05. The van der Waals surface area contributed by atoms with E-state index in [4.69, 9.17) is 4.74 Å². The minimum absolute atomic E-state index is 0.242. The van der Waals surface area contributed by atoms with E-state index in [0.717, 1.165) is 31.9 Å². The topological polar surface area (TPSA) is 79.4 Å². The molecule has 1 unspecified atom stereocenters. The van der Waals surface area contributed by atoms with Gasteiger partial charge in [0.1, 0.15) is 11.6 Å². The molecular formula is C14H23N5O2. The Kier molecular flexibility index (Phi) is 5.46. The van der Waals surface area contributed by atoms with Crippen molar-refractivity contribution in [2.45, 2.75) is 26.9 Å². The Balaban J connectivity index is 1.72. The van der Waals surface area contributed by atoms with Crippen LogP contribution < -0.4 is 10.6 Å². The summed E-state index contributed by atoms with van der Waals surface area (Å²) >= 11 is 0. The molecule has 1 saturated heterocycles. The van der Waals surface area contributed by atoms with E-state index in [1.54, 1.807) is 13.0 Å². The van der Waals surface area contributed by atoms with E-state index in [0.29, 0.717) is 18.2 Å². The molecule has 0 spiro atoms. The van der Waals surface area contributed by atoms with Crippen LogP contribution in [0, 0.1) is 13.8 Å². The number of nitrogens with zero attached hydrogens (tertiary/aromatic N) is 3. The monoisotopic (exact) mass is 293 g/mol. The number of morpholine rings is 1. The SMILES string of the molecule is Cc1cc(NC(=O)NCCN2CCOC(C)C2)nc(C)n1. The van der Waals surface area contributed by atoms with Crippen LogP contribution in [0.1, 0.15) is 18.4 Å². The molecule has 116 valence electrons. The first-order valence-corrected chi connectivity index (χ1v) is 7.24. The number of ether oxygens (including phenoxy) is 1. The third kappa shape index (κ3) is 5.28. The van der Waals surface area contributed by atoms with Gasteiger partial charge >= 0.3 is 6.03 Å². The van der Waals surface area contributed by atoms with Crippen LogP contribution in [0.2, 0.25) is 0 Å². The minimum Gasteiger partial charge on any atom is -0.376 e. The second-order valence-electron chi connectivity index (χ2n) is 5.30. The van der Waals surface area contributed by atoms with E-state index in [1.807, 2.05) is 6.92 Å². The van der Waals surface area contributed by atoms with Gasteiger partial charge in [-0.1, -0.05) is 0 Å². The van der Waals surface area contributed by atoms with Crippen molar-refractivity contribution < 1.29 is 9.53 Å². The van der Waals surface area contributed by atoms with Crippen LogP contribution in [0.15, 0.2) is 6.07 Å². The first-order valence-electron chi connectivity index (χ1n) is 7.24. The highest BCUT2D eigenvalue weighted by Gasteiger charge is 2.16. The largest absolute Gasteiger partial charge is 0.376 e. The first-order chi connectivity index (χ1) is 10.0. The number of urea groups is 1. The summed E-state index contributed by atoms with van der Waals surface area (Å²) in [6, 6.07) is 1.50. The van der Waals surface area contributed by atoms with Gasteiger partial charge in [-0.2, -0.15) is 0 Å². The molecule has 1 fully saturated rings. The average Bonchev–Trinajstić information content (AvgIpc) is 2.37. The maximum atomic E-state index is 11.8. The lowest BCUT2D eigenvalue weighted by Crippen LogP contribution is -2.45. The highest BCUT2D eigenvalue weighted by atomic mass is 16.5. The van der Waals surface area contributed by atoms with Crippen LogP contribution in [-0.2, 0) is 4.74 Å². The predicted molar refractivity (Wildman–Crippen MR) is 80.4 cm³/mol. The fraction of sp³-hybridized carbons (Fsp3) is 0.643. The minimum atomic E-state index is -0.242. The van der Waals surface area contributed by atoms with Crippen LogP contribution >= 0.6 is 0 Å². The Morgan fingerprint density at radius 3 is 3.00 bits per heavy atom. The van der Waals surface area contributed by atoms with Gasteiger partial charge in [-0.3, -0.25) is 10.2 Å². The number of anilines is 1. The summed E-state index contributed by atoms with van der Waals surface area (Å²) in [6.07, 6.45) is 0.263. The fourth-order valence-electron chi connectivity index (χ4n) is 2.36. The van der Waals surface area contributed by atoms with Crippen LogP contribution in [0.3, 0.4) is 0 Å². The van der Waals surface area contributed by atoms with Gasteiger partial charge in [0.15, 0.2) is 0 Å². The van der Waals surface area contributed by atoms with Crippen molar-refractivity contribution in [3.8, 4) is 0 Å². The van der Waals surface area contributed by atoms with Gasteiger partial charge in [-0.15, -0.1) is 0 Å². The first kappa shape index (κ1) is 15.7. The summed E-state index contributed by atoms with van der Waals surface area (Å²) in [5.74, 6) is 1.17.